The Bertz CT molecular complexity index is 1040. The number of nitrogens with zero attached hydrogens (tertiary/aromatic N) is 2. The van der Waals surface area contributed by atoms with Crippen molar-refractivity contribution in [3.63, 3.8) is 0 Å². The lowest BCUT2D eigenvalue weighted by atomic mass is 10.1. The number of aromatic nitrogens is 3. The van der Waals surface area contributed by atoms with E-state index in [0.717, 1.165) is 0 Å². The summed E-state index contributed by atoms with van der Waals surface area (Å²) in [5.74, 6) is -0.115. The van der Waals surface area contributed by atoms with E-state index in [-0.39, 0.29) is 17.9 Å². The molecule has 0 amide bonds. The zero-order chi connectivity index (χ0) is 18.0. The second-order valence-electron chi connectivity index (χ2n) is 5.56. The number of H-pyrrole nitrogens is 1. The SMILES string of the molecule is COC(=O)c1ccc2c(=O)[nH]c(C[n+]3cccc(C(C)=O)c3)nc2c1. The quantitative estimate of drug-likeness (QED) is 0.439. The average molecular weight is 338 g/mol. The topological polar surface area (TPSA) is 93.0 Å². The first kappa shape index (κ1) is 16.5. The van der Waals surface area contributed by atoms with E-state index < -0.39 is 5.97 Å². The van der Waals surface area contributed by atoms with Crippen molar-refractivity contribution < 1.29 is 18.9 Å². The molecule has 0 saturated carbocycles. The van der Waals surface area contributed by atoms with Crippen LogP contribution in [0.15, 0.2) is 47.5 Å². The molecule has 0 radical (unpaired) electrons. The van der Waals surface area contributed by atoms with Crippen molar-refractivity contribution in [2.24, 2.45) is 0 Å². The molecule has 1 aromatic carbocycles. The maximum atomic E-state index is 12.2. The lowest BCUT2D eigenvalue weighted by molar-refractivity contribution is -0.689. The second kappa shape index (κ2) is 6.64. The number of rotatable bonds is 4. The molecular formula is C18H16N3O4+. The minimum atomic E-state index is -0.492. The zero-order valence-electron chi connectivity index (χ0n) is 13.8. The van der Waals surface area contributed by atoms with E-state index in [2.05, 4.69) is 14.7 Å². The summed E-state index contributed by atoms with van der Waals surface area (Å²) in [6.45, 7) is 1.78. The number of hydrogen-bond acceptors (Lipinski definition) is 5. The summed E-state index contributed by atoms with van der Waals surface area (Å²) >= 11 is 0. The lowest BCUT2D eigenvalue weighted by Gasteiger charge is -2.03. The number of nitrogens with one attached hydrogen (secondary N) is 1. The Labute approximate surface area is 142 Å². The van der Waals surface area contributed by atoms with E-state index in [1.807, 2.05) is 0 Å². The average Bonchev–Trinajstić information content (AvgIpc) is 2.60. The summed E-state index contributed by atoms with van der Waals surface area (Å²) in [7, 11) is 1.29. The molecule has 0 spiro atoms. The molecule has 0 fully saturated rings. The van der Waals surface area contributed by atoms with Gasteiger partial charge in [-0.1, -0.05) is 0 Å². The van der Waals surface area contributed by atoms with E-state index in [9.17, 15) is 14.4 Å². The van der Waals surface area contributed by atoms with Crippen LogP contribution < -0.4 is 10.1 Å². The molecule has 1 N–H and O–H groups in total. The van der Waals surface area contributed by atoms with Gasteiger partial charge in [0.2, 0.25) is 6.54 Å². The van der Waals surface area contributed by atoms with Gasteiger partial charge in [0, 0.05) is 6.07 Å². The highest BCUT2D eigenvalue weighted by Gasteiger charge is 2.13. The number of fused-ring (bicyclic) bond motifs is 1. The van der Waals surface area contributed by atoms with Crippen molar-refractivity contribution in [3.8, 4) is 0 Å². The summed E-state index contributed by atoms with van der Waals surface area (Å²) in [6, 6.07) is 8.07. The van der Waals surface area contributed by atoms with Gasteiger partial charge < -0.3 is 9.72 Å². The Balaban J connectivity index is 2.02. The number of esters is 1. The Hall–Kier alpha value is -3.35. The van der Waals surface area contributed by atoms with Gasteiger partial charge >= 0.3 is 5.97 Å². The predicted octanol–water partition coefficient (Wildman–Crippen LogP) is 1.25. The Kier molecular flexibility index (Phi) is 4.38. The number of carbonyl (C=O) groups is 2. The van der Waals surface area contributed by atoms with Gasteiger partial charge in [-0.05, 0) is 31.2 Å². The third-order valence-corrected chi connectivity index (χ3v) is 3.77. The molecule has 0 aliphatic carbocycles. The molecule has 2 heterocycles. The van der Waals surface area contributed by atoms with Gasteiger partial charge in [0.25, 0.3) is 5.56 Å². The fourth-order valence-corrected chi connectivity index (χ4v) is 2.51. The van der Waals surface area contributed by atoms with Gasteiger partial charge in [-0.25, -0.2) is 9.78 Å². The molecule has 3 aromatic rings. The molecule has 7 heteroatoms. The molecule has 0 saturated heterocycles. The number of carbonyl (C=O) groups excluding carboxylic acids is 2. The summed E-state index contributed by atoms with van der Waals surface area (Å²) in [4.78, 5) is 42.5. The maximum absolute atomic E-state index is 12.2. The van der Waals surface area contributed by atoms with Crippen molar-refractivity contribution in [2.45, 2.75) is 13.5 Å². The Morgan fingerprint density at radius 2 is 2.04 bits per heavy atom. The summed E-state index contributed by atoms with van der Waals surface area (Å²) < 4.78 is 6.44. The molecule has 0 unspecified atom stereocenters. The van der Waals surface area contributed by atoms with Crippen LogP contribution in [0.3, 0.4) is 0 Å². The van der Waals surface area contributed by atoms with Crippen molar-refractivity contribution >= 4 is 22.7 Å². The first-order valence-corrected chi connectivity index (χ1v) is 7.59. The van der Waals surface area contributed by atoms with Crippen LogP contribution in [0.1, 0.15) is 33.5 Å². The zero-order valence-corrected chi connectivity index (χ0v) is 13.8. The molecule has 0 atom stereocenters. The molecule has 2 aromatic heterocycles. The third kappa shape index (κ3) is 3.45. The highest BCUT2D eigenvalue weighted by molar-refractivity contribution is 5.94. The van der Waals surface area contributed by atoms with E-state index in [1.165, 1.54) is 26.2 Å². The first-order chi connectivity index (χ1) is 12.0. The third-order valence-electron chi connectivity index (χ3n) is 3.77. The lowest BCUT2D eigenvalue weighted by Crippen LogP contribution is -2.36. The van der Waals surface area contributed by atoms with Crippen molar-refractivity contribution in [3.05, 3.63) is 70.0 Å². The highest BCUT2D eigenvalue weighted by atomic mass is 16.5. The van der Waals surface area contributed by atoms with Gasteiger partial charge in [-0.3, -0.25) is 9.59 Å². The second-order valence-corrected chi connectivity index (χ2v) is 5.56. The van der Waals surface area contributed by atoms with E-state index >= 15 is 0 Å². The number of pyridine rings is 1. The van der Waals surface area contributed by atoms with Gasteiger partial charge in [0.05, 0.1) is 29.1 Å². The minimum Gasteiger partial charge on any atom is -0.465 e. The summed E-state index contributed by atoms with van der Waals surface area (Å²) in [6.07, 6.45) is 3.47. The van der Waals surface area contributed by atoms with Crippen LogP contribution >= 0.6 is 0 Å². The van der Waals surface area contributed by atoms with Crippen LogP contribution in [-0.2, 0) is 11.3 Å². The van der Waals surface area contributed by atoms with Gasteiger partial charge in [0.15, 0.2) is 24.0 Å². The smallest absolute Gasteiger partial charge is 0.337 e. The van der Waals surface area contributed by atoms with Crippen LogP contribution in [-0.4, -0.2) is 28.8 Å². The fraction of sp³-hybridized carbons (Fsp3) is 0.167. The number of methoxy groups -OCH3 is 1. The van der Waals surface area contributed by atoms with Gasteiger partial charge in [-0.15, -0.1) is 0 Å². The van der Waals surface area contributed by atoms with Crippen molar-refractivity contribution in [1.82, 2.24) is 9.97 Å². The monoisotopic (exact) mass is 338 g/mol. The normalized spacial score (nSPS) is 10.6. The van der Waals surface area contributed by atoms with Crippen molar-refractivity contribution in [2.75, 3.05) is 7.11 Å². The van der Waals surface area contributed by atoms with Gasteiger partial charge in [-0.2, -0.15) is 4.57 Å². The maximum Gasteiger partial charge on any atom is 0.337 e. The van der Waals surface area contributed by atoms with Crippen LogP contribution in [0.2, 0.25) is 0 Å². The van der Waals surface area contributed by atoms with Gasteiger partial charge in [0.1, 0.15) is 0 Å². The number of ether oxygens (including phenoxy) is 1. The highest BCUT2D eigenvalue weighted by Crippen LogP contribution is 2.11. The molecule has 0 aliphatic heterocycles. The molecule has 7 nitrogen and oxygen atoms in total. The summed E-state index contributed by atoms with van der Waals surface area (Å²) in [5, 5.41) is 0.388. The first-order valence-electron chi connectivity index (χ1n) is 7.59. The molecule has 126 valence electrons. The Morgan fingerprint density at radius 1 is 1.24 bits per heavy atom. The van der Waals surface area contributed by atoms with Crippen LogP contribution in [0.25, 0.3) is 10.9 Å². The number of hydrogen-bond donors (Lipinski definition) is 1. The Morgan fingerprint density at radius 3 is 2.76 bits per heavy atom. The number of aromatic amines is 1. The molecule has 0 bridgehead atoms. The molecular weight excluding hydrogens is 322 g/mol. The van der Waals surface area contributed by atoms with Crippen LogP contribution in [0.4, 0.5) is 0 Å². The standard InChI is InChI=1S/C18H15N3O4/c1-11(22)13-4-3-7-21(9-13)10-16-19-15-8-12(18(24)25-2)5-6-14(15)17(23)20-16/h3-9H,10H2,1-2H3/p+1. The van der Waals surface area contributed by atoms with E-state index in [0.29, 0.717) is 27.9 Å². The fourth-order valence-electron chi connectivity index (χ4n) is 2.51. The molecule has 3 rings (SSSR count). The van der Waals surface area contributed by atoms with Crippen LogP contribution in [0, 0.1) is 0 Å². The molecule has 25 heavy (non-hydrogen) atoms. The van der Waals surface area contributed by atoms with E-state index in [1.54, 1.807) is 35.2 Å². The largest absolute Gasteiger partial charge is 0.465 e. The summed E-state index contributed by atoms with van der Waals surface area (Å²) in [5.41, 5.74) is 1.01. The minimum absolute atomic E-state index is 0.0444. The number of benzene rings is 1. The molecule has 0 aliphatic rings. The predicted molar refractivity (Wildman–Crippen MR) is 89.4 cm³/mol. The number of ketones is 1. The number of Topliss-reactive ketones (excluding diaryl/α,β-unsaturated/α-hetero) is 1. The van der Waals surface area contributed by atoms with E-state index in [4.69, 9.17) is 0 Å². The van der Waals surface area contributed by atoms with Crippen LogP contribution in [0.5, 0.6) is 0 Å². The van der Waals surface area contributed by atoms with Crippen molar-refractivity contribution in [1.29, 1.82) is 0 Å².